The second-order valence-corrected chi connectivity index (χ2v) is 8.91. The molecule has 4 nitrogen and oxygen atoms in total. The third kappa shape index (κ3) is 2.88. The average molecular weight is 385 g/mol. The Morgan fingerprint density at radius 2 is 1.92 bits per heavy atom. The van der Waals surface area contributed by atoms with E-state index in [1.807, 2.05) is 13.0 Å². The molecule has 5 heterocycles. The lowest BCUT2D eigenvalue weighted by Gasteiger charge is -2.44. The molecule has 3 aliphatic heterocycles. The van der Waals surface area contributed by atoms with Gasteiger partial charge in [-0.25, -0.2) is 4.68 Å². The van der Waals surface area contributed by atoms with Gasteiger partial charge in [-0.2, -0.15) is 0 Å². The third-order valence-corrected chi connectivity index (χ3v) is 7.35. The van der Waals surface area contributed by atoms with Gasteiger partial charge >= 0.3 is 0 Å². The van der Waals surface area contributed by atoms with Gasteiger partial charge < -0.3 is 4.90 Å². The average Bonchev–Trinajstić information content (AvgIpc) is 3.34. The van der Waals surface area contributed by atoms with Crippen molar-refractivity contribution < 1.29 is 0 Å². The molecule has 2 aromatic heterocycles. The maximum absolute atomic E-state index is 6.28. The van der Waals surface area contributed by atoms with Crippen LogP contribution in [0.5, 0.6) is 0 Å². The van der Waals surface area contributed by atoms with Crippen LogP contribution in [0.4, 0.5) is 0 Å². The predicted molar refractivity (Wildman–Crippen MR) is 107 cm³/mol. The van der Waals surface area contributed by atoms with Crippen LogP contribution in [0.25, 0.3) is 21.0 Å². The van der Waals surface area contributed by atoms with Crippen LogP contribution in [0.15, 0.2) is 36.5 Å². The molecule has 1 aromatic carbocycles. The van der Waals surface area contributed by atoms with Crippen molar-refractivity contribution in [3.05, 3.63) is 47.1 Å². The zero-order chi connectivity index (χ0) is 17.7. The van der Waals surface area contributed by atoms with Crippen molar-refractivity contribution in [3.63, 3.8) is 0 Å². The number of piperidine rings is 3. The molecule has 6 heteroatoms. The molecule has 3 aromatic rings. The Morgan fingerprint density at radius 1 is 1.12 bits per heavy atom. The monoisotopic (exact) mass is 384 g/mol. The molecule has 0 N–H and O–H groups in total. The van der Waals surface area contributed by atoms with Gasteiger partial charge in [-0.3, -0.25) is 0 Å². The number of aryl methyl sites for hydroxylation is 1. The van der Waals surface area contributed by atoms with E-state index in [1.54, 1.807) is 11.3 Å². The highest BCUT2D eigenvalue weighted by atomic mass is 35.5. The number of halogens is 1. The van der Waals surface area contributed by atoms with Gasteiger partial charge in [-0.1, -0.05) is 28.9 Å². The highest BCUT2D eigenvalue weighted by Gasteiger charge is 2.35. The number of rotatable bonds is 3. The van der Waals surface area contributed by atoms with Crippen LogP contribution < -0.4 is 0 Å². The molecule has 26 heavy (non-hydrogen) atoms. The Balaban J connectivity index is 1.40. The van der Waals surface area contributed by atoms with Crippen molar-refractivity contribution in [2.75, 3.05) is 19.6 Å². The summed E-state index contributed by atoms with van der Waals surface area (Å²) in [5.41, 5.74) is 3.23. The van der Waals surface area contributed by atoms with E-state index in [1.165, 1.54) is 30.8 Å². The third-order valence-electron chi connectivity index (χ3n) is 5.79. The van der Waals surface area contributed by atoms with Crippen LogP contribution in [-0.4, -0.2) is 39.5 Å². The summed E-state index contributed by atoms with van der Waals surface area (Å²) in [6.07, 6.45) is 4.71. The molecule has 0 saturated carbocycles. The van der Waals surface area contributed by atoms with E-state index in [0.717, 1.165) is 39.2 Å². The van der Waals surface area contributed by atoms with E-state index < -0.39 is 0 Å². The highest BCUT2D eigenvalue weighted by Crippen LogP contribution is 2.38. The van der Waals surface area contributed by atoms with E-state index in [9.17, 15) is 0 Å². The SMILES string of the molecule is Cc1ccc(-c2ccc(-c3cn([C@H]4CN5CCC4CC5)nn3)s2)cc1Cl. The molecule has 0 aliphatic carbocycles. The van der Waals surface area contributed by atoms with Crippen LogP contribution in [0.2, 0.25) is 5.02 Å². The molecular weight excluding hydrogens is 364 g/mol. The summed E-state index contributed by atoms with van der Waals surface area (Å²) in [4.78, 5) is 4.92. The van der Waals surface area contributed by atoms with Crippen LogP contribution >= 0.6 is 22.9 Å². The van der Waals surface area contributed by atoms with Crippen molar-refractivity contribution in [3.8, 4) is 21.0 Å². The van der Waals surface area contributed by atoms with Crippen molar-refractivity contribution in [1.29, 1.82) is 0 Å². The van der Waals surface area contributed by atoms with Crippen LogP contribution in [0.1, 0.15) is 24.4 Å². The summed E-state index contributed by atoms with van der Waals surface area (Å²) in [5.74, 6) is 0.753. The standard InChI is InChI=1S/C20H21ClN4S/c1-13-2-3-15(10-16(13)21)19-4-5-20(26-19)17-11-25(23-22-17)18-12-24-8-6-14(18)7-9-24/h2-5,10-11,14,18H,6-9,12H2,1H3/t18-/m0/s1. The molecule has 0 radical (unpaired) electrons. The van der Waals surface area contributed by atoms with Gasteiger partial charge in [-0.05, 0) is 68.1 Å². The molecule has 0 amide bonds. The minimum atomic E-state index is 0.481. The summed E-state index contributed by atoms with van der Waals surface area (Å²) in [6, 6.07) is 11.0. The Bertz CT molecular complexity index is 939. The number of nitrogens with zero attached hydrogens (tertiary/aromatic N) is 4. The van der Waals surface area contributed by atoms with Gasteiger partial charge in [-0.15, -0.1) is 16.4 Å². The Labute approximate surface area is 162 Å². The summed E-state index contributed by atoms with van der Waals surface area (Å²) < 4.78 is 2.10. The van der Waals surface area contributed by atoms with E-state index in [2.05, 4.69) is 50.4 Å². The normalized spacial score (nSPS) is 24.9. The Morgan fingerprint density at radius 3 is 2.65 bits per heavy atom. The first-order chi connectivity index (χ1) is 12.7. The fourth-order valence-electron chi connectivity index (χ4n) is 4.16. The van der Waals surface area contributed by atoms with Crippen LogP contribution in [-0.2, 0) is 0 Å². The van der Waals surface area contributed by atoms with Crippen molar-refractivity contribution >= 4 is 22.9 Å². The van der Waals surface area contributed by atoms with Gasteiger partial charge in [0, 0.05) is 16.4 Å². The summed E-state index contributed by atoms with van der Waals surface area (Å²) in [5, 5.41) is 9.74. The first-order valence-electron chi connectivity index (χ1n) is 9.18. The van der Waals surface area contributed by atoms with E-state index in [4.69, 9.17) is 11.6 Å². The topological polar surface area (TPSA) is 34.0 Å². The molecular formula is C20H21ClN4S. The van der Waals surface area contributed by atoms with Crippen LogP contribution in [0, 0.1) is 12.8 Å². The minimum absolute atomic E-state index is 0.481. The largest absolute Gasteiger partial charge is 0.301 e. The zero-order valence-corrected chi connectivity index (χ0v) is 16.3. The lowest BCUT2D eigenvalue weighted by molar-refractivity contribution is 0.0504. The second kappa shape index (κ2) is 6.48. The summed E-state index contributed by atoms with van der Waals surface area (Å²) in [7, 11) is 0. The quantitative estimate of drug-likeness (QED) is 0.643. The molecule has 0 spiro atoms. The number of benzene rings is 1. The molecule has 0 unspecified atom stereocenters. The number of thiophene rings is 1. The molecule has 3 aliphatic rings. The molecule has 134 valence electrons. The van der Waals surface area contributed by atoms with Crippen molar-refractivity contribution in [1.82, 2.24) is 19.9 Å². The Hall–Kier alpha value is -1.69. The number of fused-ring (bicyclic) bond motifs is 3. The number of hydrogen-bond donors (Lipinski definition) is 0. The summed E-state index contributed by atoms with van der Waals surface area (Å²) >= 11 is 8.03. The molecule has 1 atom stereocenters. The van der Waals surface area contributed by atoms with Gasteiger partial charge in [0.1, 0.15) is 5.69 Å². The van der Waals surface area contributed by atoms with Gasteiger partial charge in [0.25, 0.3) is 0 Å². The zero-order valence-electron chi connectivity index (χ0n) is 14.7. The second-order valence-electron chi connectivity index (χ2n) is 7.42. The molecule has 2 bridgehead atoms. The lowest BCUT2D eigenvalue weighted by Crippen LogP contribution is -2.48. The number of aromatic nitrogens is 3. The van der Waals surface area contributed by atoms with Crippen molar-refractivity contribution in [2.24, 2.45) is 5.92 Å². The molecule has 3 saturated heterocycles. The summed E-state index contributed by atoms with van der Waals surface area (Å²) in [6.45, 7) is 5.63. The Kier molecular flexibility index (Phi) is 4.11. The van der Waals surface area contributed by atoms with E-state index in [-0.39, 0.29) is 0 Å². The van der Waals surface area contributed by atoms with Gasteiger partial charge in [0.2, 0.25) is 0 Å². The predicted octanol–water partition coefficient (Wildman–Crippen LogP) is 4.90. The van der Waals surface area contributed by atoms with Gasteiger partial charge in [0.15, 0.2) is 0 Å². The first-order valence-corrected chi connectivity index (χ1v) is 10.4. The number of hydrogen-bond acceptors (Lipinski definition) is 4. The van der Waals surface area contributed by atoms with Crippen LogP contribution in [0.3, 0.4) is 0 Å². The fraction of sp³-hybridized carbons (Fsp3) is 0.400. The van der Waals surface area contributed by atoms with E-state index in [0.29, 0.717) is 6.04 Å². The lowest BCUT2D eigenvalue weighted by atomic mass is 9.84. The molecule has 6 rings (SSSR count). The fourth-order valence-corrected chi connectivity index (χ4v) is 5.29. The smallest absolute Gasteiger partial charge is 0.123 e. The van der Waals surface area contributed by atoms with Crippen molar-refractivity contribution in [2.45, 2.75) is 25.8 Å². The maximum Gasteiger partial charge on any atom is 0.123 e. The minimum Gasteiger partial charge on any atom is -0.301 e. The van der Waals surface area contributed by atoms with Gasteiger partial charge in [0.05, 0.1) is 17.1 Å². The van der Waals surface area contributed by atoms with E-state index >= 15 is 0 Å². The first kappa shape index (κ1) is 16.5. The maximum atomic E-state index is 6.28. The molecule has 3 fully saturated rings. The highest BCUT2D eigenvalue weighted by molar-refractivity contribution is 7.18.